The molecule has 8 nitrogen and oxygen atoms in total. The first-order chi connectivity index (χ1) is 17.1. The minimum absolute atomic E-state index is 0.0431. The number of carbonyl (C=O) groups excluding carboxylic acids is 1. The molecule has 0 bridgehead atoms. The number of aliphatic hydroxyl groups is 1. The molecule has 0 radical (unpaired) electrons. The number of benzene rings is 2. The van der Waals surface area contributed by atoms with Gasteiger partial charge in [0.2, 0.25) is 0 Å². The SMILES string of the molecule is CCn1cc(C(=O)c2ccc(Oc3ccccc3)cc2Cl)c2c(NC3CCC(CO)N3)ncnc21. The second-order valence-electron chi connectivity index (χ2n) is 8.46. The summed E-state index contributed by atoms with van der Waals surface area (Å²) in [4.78, 5) is 22.6. The maximum atomic E-state index is 13.7. The summed E-state index contributed by atoms with van der Waals surface area (Å²) >= 11 is 6.55. The molecule has 1 fully saturated rings. The van der Waals surface area contributed by atoms with Gasteiger partial charge in [-0.05, 0) is 44.0 Å². The molecule has 2 unspecified atom stereocenters. The fraction of sp³-hybridized carbons (Fsp3) is 0.269. The van der Waals surface area contributed by atoms with Crippen molar-refractivity contribution in [2.45, 2.75) is 38.5 Å². The Morgan fingerprint density at radius 3 is 2.71 bits per heavy atom. The van der Waals surface area contributed by atoms with E-state index in [1.807, 2.05) is 41.8 Å². The van der Waals surface area contributed by atoms with Crippen LogP contribution in [0.4, 0.5) is 5.82 Å². The third-order valence-corrected chi connectivity index (χ3v) is 6.49. The molecule has 4 aromatic rings. The topological polar surface area (TPSA) is 101 Å². The normalized spacial score (nSPS) is 17.6. The van der Waals surface area contributed by atoms with Gasteiger partial charge in [0.1, 0.15) is 29.3 Å². The van der Waals surface area contributed by atoms with Crippen LogP contribution in [-0.2, 0) is 6.54 Å². The van der Waals surface area contributed by atoms with Crippen LogP contribution in [0.5, 0.6) is 11.5 Å². The number of para-hydroxylation sites is 1. The van der Waals surface area contributed by atoms with Crippen LogP contribution in [-0.4, -0.2) is 44.2 Å². The molecule has 0 saturated carbocycles. The van der Waals surface area contributed by atoms with Gasteiger partial charge in [0.05, 0.1) is 28.7 Å². The van der Waals surface area contributed by atoms with Gasteiger partial charge >= 0.3 is 0 Å². The highest BCUT2D eigenvalue weighted by molar-refractivity contribution is 6.35. The number of carbonyl (C=O) groups is 1. The number of ether oxygens (including phenoxy) is 1. The zero-order valence-corrected chi connectivity index (χ0v) is 20.0. The van der Waals surface area contributed by atoms with Gasteiger partial charge in [-0.3, -0.25) is 10.1 Å². The first-order valence-corrected chi connectivity index (χ1v) is 12.0. The van der Waals surface area contributed by atoms with E-state index in [0.29, 0.717) is 51.0 Å². The summed E-state index contributed by atoms with van der Waals surface area (Å²) in [5, 5.41) is 17.1. The van der Waals surface area contributed by atoms with E-state index in [4.69, 9.17) is 16.3 Å². The van der Waals surface area contributed by atoms with Crippen molar-refractivity contribution in [3.05, 3.63) is 77.2 Å². The predicted octanol–water partition coefficient (Wildman–Crippen LogP) is 4.61. The molecule has 2 atom stereocenters. The summed E-state index contributed by atoms with van der Waals surface area (Å²) < 4.78 is 7.77. The van der Waals surface area contributed by atoms with Gasteiger partial charge in [-0.2, -0.15) is 0 Å². The van der Waals surface area contributed by atoms with E-state index < -0.39 is 0 Å². The summed E-state index contributed by atoms with van der Waals surface area (Å²) in [5.41, 5.74) is 1.52. The Morgan fingerprint density at radius 1 is 1.17 bits per heavy atom. The summed E-state index contributed by atoms with van der Waals surface area (Å²) in [6, 6.07) is 14.5. The van der Waals surface area contributed by atoms with Gasteiger partial charge in [-0.1, -0.05) is 29.8 Å². The highest BCUT2D eigenvalue weighted by atomic mass is 35.5. The van der Waals surface area contributed by atoms with Crippen molar-refractivity contribution in [2.75, 3.05) is 11.9 Å². The standard InChI is InChI=1S/C26H26ClN5O3/c1-2-32-13-20(23-25(28-15-29-26(23)32)31-22-11-8-16(14-33)30-22)24(34)19-10-9-18(12-21(19)27)35-17-6-4-3-5-7-17/h3-7,9-10,12-13,15-16,22,30,33H,2,8,11,14H2,1H3,(H,28,29,31). The Hall–Kier alpha value is -3.46. The van der Waals surface area contributed by atoms with E-state index in [0.717, 1.165) is 12.8 Å². The predicted molar refractivity (Wildman–Crippen MR) is 135 cm³/mol. The Bertz CT molecular complexity index is 1360. The lowest BCUT2D eigenvalue weighted by Crippen LogP contribution is -2.37. The number of ketones is 1. The Morgan fingerprint density at radius 2 is 2.00 bits per heavy atom. The molecule has 3 heterocycles. The third-order valence-electron chi connectivity index (χ3n) is 6.18. The molecule has 3 N–H and O–H groups in total. The number of hydrogen-bond acceptors (Lipinski definition) is 7. The fourth-order valence-corrected chi connectivity index (χ4v) is 4.66. The Balaban J connectivity index is 1.48. The fourth-order valence-electron chi connectivity index (χ4n) is 4.40. The van der Waals surface area contributed by atoms with Gasteiger partial charge in [0.15, 0.2) is 5.78 Å². The number of nitrogens with one attached hydrogen (secondary N) is 2. The molecule has 0 aliphatic carbocycles. The number of fused-ring (bicyclic) bond motifs is 1. The number of nitrogens with zero attached hydrogens (tertiary/aromatic N) is 3. The van der Waals surface area contributed by atoms with Crippen LogP contribution in [0.3, 0.4) is 0 Å². The molecular formula is C26H26ClN5O3. The van der Waals surface area contributed by atoms with E-state index in [-0.39, 0.29) is 24.6 Å². The van der Waals surface area contributed by atoms with E-state index in [1.54, 1.807) is 24.4 Å². The van der Waals surface area contributed by atoms with Crippen LogP contribution >= 0.6 is 11.6 Å². The Labute approximate surface area is 207 Å². The molecule has 180 valence electrons. The van der Waals surface area contributed by atoms with Crippen molar-refractivity contribution < 1.29 is 14.6 Å². The highest BCUT2D eigenvalue weighted by Gasteiger charge is 2.27. The van der Waals surface area contributed by atoms with Crippen molar-refractivity contribution in [3.63, 3.8) is 0 Å². The van der Waals surface area contributed by atoms with E-state index >= 15 is 0 Å². The van der Waals surface area contributed by atoms with Crippen molar-refractivity contribution in [2.24, 2.45) is 0 Å². The van der Waals surface area contributed by atoms with Gasteiger partial charge in [-0.25, -0.2) is 9.97 Å². The average molecular weight is 492 g/mol. The van der Waals surface area contributed by atoms with Crippen molar-refractivity contribution in [3.8, 4) is 11.5 Å². The monoisotopic (exact) mass is 491 g/mol. The summed E-state index contributed by atoms with van der Waals surface area (Å²) in [6.07, 6.45) is 4.93. The van der Waals surface area contributed by atoms with Gasteiger partial charge in [0.25, 0.3) is 0 Å². The number of hydrogen-bond donors (Lipinski definition) is 3. The Kier molecular flexibility index (Phi) is 6.68. The van der Waals surface area contributed by atoms with Crippen molar-refractivity contribution >= 4 is 34.2 Å². The molecule has 2 aromatic heterocycles. The second kappa shape index (κ2) is 10.0. The van der Waals surface area contributed by atoms with Crippen LogP contribution in [0.1, 0.15) is 35.7 Å². The second-order valence-corrected chi connectivity index (χ2v) is 8.86. The van der Waals surface area contributed by atoms with Crippen molar-refractivity contribution in [1.82, 2.24) is 19.9 Å². The molecule has 1 aliphatic rings. The molecule has 35 heavy (non-hydrogen) atoms. The molecule has 2 aromatic carbocycles. The molecule has 9 heteroatoms. The van der Waals surface area contributed by atoms with Crippen molar-refractivity contribution in [1.29, 1.82) is 0 Å². The summed E-state index contributed by atoms with van der Waals surface area (Å²) in [6.45, 7) is 2.72. The zero-order chi connectivity index (χ0) is 24.4. The first-order valence-electron chi connectivity index (χ1n) is 11.6. The molecule has 5 rings (SSSR count). The molecular weight excluding hydrogens is 466 g/mol. The van der Waals surface area contributed by atoms with Crippen LogP contribution in [0, 0.1) is 0 Å². The van der Waals surface area contributed by atoms with Crippen LogP contribution < -0.4 is 15.4 Å². The number of aromatic nitrogens is 3. The third kappa shape index (κ3) is 4.73. The lowest BCUT2D eigenvalue weighted by Gasteiger charge is -2.16. The van der Waals surface area contributed by atoms with Gasteiger partial charge in [-0.15, -0.1) is 0 Å². The van der Waals surface area contributed by atoms with E-state index in [1.165, 1.54) is 6.33 Å². The van der Waals surface area contributed by atoms with Crippen LogP contribution in [0.15, 0.2) is 61.1 Å². The lowest BCUT2D eigenvalue weighted by molar-refractivity contribution is 0.104. The average Bonchev–Trinajstić information content (AvgIpc) is 3.49. The largest absolute Gasteiger partial charge is 0.457 e. The van der Waals surface area contributed by atoms with Gasteiger partial charge in [0, 0.05) is 30.4 Å². The zero-order valence-electron chi connectivity index (χ0n) is 19.2. The minimum Gasteiger partial charge on any atom is -0.457 e. The number of rotatable bonds is 8. The van der Waals surface area contributed by atoms with Crippen LogP contribution in [0.2, 0.25) is 5.02 Å². The quantitative estimate of drug-likeness (QED) is 0.309. The minimum atomic E-state index is -0.219. The number of aryl methyl sites for hydroxylation is 1. The molecule has 1 aliphatic heterocycles. The first kappa shape index (κ1) is 23.3. The number of anilines is 1. The van der Waals surface area contributed by atoms with Crippen LogP contribution in [0.25, 0.3) is 11.0 Å². The number of aliphatic hydroxyl groups excluding tert-OH is 1. The summed E-state index contributed by atoms with van der Waals surface area (Å²) in [5.74, 6) is 1.58. The van der Waals surface area contributed by atoms with E-state index in [2.05, 4.69) is 20.6 Å². The molecule has 0 spiro atoms. The highest BCUT2D eigenvalue weighted by Crippen LogP contribution is 2.32. The maximum Gasteiger partial charge on any atom is 0.196 e. The maximum absolute atomic E-state index is 13.7. The smallest absolute Gasteiger partial charge is 0.196 e. The summed E-state index contributed by atoms with van der Waals surface area (Å²) in [7, 11) is 0. The lowest BCUT2D eigenvalue weighted by atomic mass is 10.0. The number of halogens is 1. The van der Waals surface area contributed by atoms with E-state index in [9.17, 15) is 9.90 Å². The molecule has 0 amide bonds. The molecule has 1 saturated heterocycles. The van der Waals surface area contributed by atoms with Gasteiger partial charge < -0.3 is 19.7 Å².